The van der Waals surface area contributed by atoms with Gasteiger partial charge in [-0.15, -0.1) is 0 Å². The fraction of sp³-hybridized carbons (Fsp3) is 0.500. The molecule has 19 heavy (non-hydrogen) atoms. The van der Waals surface area contributed by atoms with Crippen LogP contribution in [0.2, 0.25) is 5.02 Å². The predicted octanol–water partition coefficient (Wildman–Crippen LogP) is 1.92. The lowest BCUT2D eigenvalue weighted by molar-refractivity contribution is 0.0125. The number of aryl methyl sites for hydroxylation is 1. The molecule has 2 N–H and O–H groups in total. The van der Waals surface area contributed by atoms with E-state index < -0.39 is 5.54 Å². The second-order valence-electron chi connectivity index (χ2n) is 4.94. The first-order valence-corrected chi connectivity index (χ1v) is 6.72. The van der Waals surface area contributed by atoms with Crippen molar-refractivity contribution in [2.24, 2.45) is 0 Å². The topological polar surface area (TPSA) is 58.6 Å². The summed E-state index contributed by atoms with van der Waals surface area (Å²) >= 11 is 6.15. The zero-order valence-corrected chi connectivity index (χ0v) is 11.7. The van der Waals surface area contributed by atoms with Gasteiger partial charge in [0.15, 0.2) is 0 Å². The number of carbonyl (C=O) groups is 1. The Balaban J connectivity index is 2.17. The molecule has 1 aliphatic rings. The Hall–Kier alpha value is -1.10. The second kappa shape index (κ2) is 5.90. The van der Waals surface area contributed by atoms with Crippen LogP contribution in [0.5, 0.6) is 0 Å². The standard InChI is InChI=1S/C14H18ClNO3/c1-10-3-2-4-11(12(10)15)13(18)16-14(9-17)5-7-19-8-6-14/h2-4,17H,5-9H2,1H3,(H,16,18). The molecular weight excluding hydrogens is 266 g/mol. The van der Waals surface area contributed by atoms with Crippen LogP contribution in [0.1, 0.15) is 28.8 Å². The molecule has 1 heterocycles. The number of nitrogens with one attached hydrogen (secondary N) is 1. The average molecular weight is 284 g/mol. The van der Waals surface area contributed by atoms with Gasteiger partial charge in [0, 0.05) is 13.2 Å². The van der Waals surface area contributed by atoms with Gasteiger partial charge >= 0.3 is 0 Å². The van der Waals surface area contributed by atoms with Crippen molar-refractivity contribution in [3.05, 3.63) is 34.3 Å². The molecular formula is C14H18ClNO3. The van der Waals surface area contributed by atoms with Crippen LogP contribution in [0.25, 0.3) is 0 Å². The summed E-state index contributed by atoms with van der Waals surface area (Å²) in [4.78, 5) is 12.3. The highest BCUT2D eigenvalue weighted by atomic mass is 35.5. The maximum Gasteiger partial charge on any atom is 0.253 e. The van der Waals surface area contributed by atoms with Crippen molar-refractivity contribution in [2.75, 3.05) is 19.8 Å². The molecule has 0 bridgehead atoms. The fourth-order valence-electron chi connectivity index (χ4n) is 2.22. The third kappa shape index (κ3) is 3.08. The van der Waals surface area contributed by atoms with E-state index in [0.29, 0.717) is 36.6 Å². The van der Waals surface area contributed by atoms with Crippen LogP contribution in [0.3, 0.4) is 0 Å². The van der Waals surface area contributed by atoms with E-state index in [2.05, 4.69) is 5.32 Å². The zero-order chi connectivity index (χ0) is 13.9. The first-order valence-electron chi connectivity index (χ1n) is 6.34. The number of hydrogen-bond donors (Lipinski definition) is 2. The number of ether oxygens (including phenoxy) is 1. The number of amides is 1. The number of carbonyl (C=O) groups excluding carboxylic acids is 1. The van der Waals surface area contributed by atoms with Crippen molar-refractivity contribution >= 4 is 17.5 Å². The van der Waals surface area contributed by atoms with E-state index in [0.717, 1.165) is 5.56 Å². The Morgan fingerprint density at radius 2 is 2.16 bits per heavy atom. The zero-order valence-electron chi connectivity index (χ0n) is 10.9. The molecule has 5 heteroatoms. The van der Waals surface area contributed by atoms with Crippen molar-refractivity contribution in [1.82, 2.24) is 5.32 Å². The largest absolute Gasteiger partial charge is 0.394 e. The van der Waals surface area contributed by atoms with E-state index in [9.17, 15) is 9.90 Å². The molecule has 4 nitrogen and oxygen atoms in total. The summed E-state index contributed by atoms with van der Waals surface area (Å²) < 4.78 is 5.27. The van der Waals surface area contributed by atoms with E-state index in [1.807, 2.05) is 13.0 Å². The Morgan fingerprint density at radius 1 is 1.47 bits per heavy atom. The Labute approximate surface area is 117 Å². The molecule has 1 aliphatic heterocycles. The molecule has 0 saturated carbocycles. The molecule has 0 aromatic heterocycles. The summed E-state index contributed by atoms with van der Waals surface area (Å²) in [6.45, 7) is 2.85. The van der Waals surface area contributed by atoms with Gasteiger partial charge < -0.3 is 15.2 Å². The second-order valence-corrected chi connectivity index (χ2v) is 5.32. The lowest BCUT2D eigenvalue weighted by atomic mass is 9.90. The highest BCUT2D eigenvalue weighted by Crippen LogP contribution is 2.24. The number of halogens is 1. The van der Waals surface area contributed by atoms with Gasteiger partial charge in [-0.3, -0.25) is 4.79 Å². The third-order valence-corrected chi connectivity index (χ3v) is 4.07. The van der Waals surface area contributed by atoms with Crippen LogP contribution < -0.4 is 5.32 Å². The summed E-state index contributed by atoms with van der Waals surface area (Å²) in [5.74, 6) is -0.246. The van der Waals surface area contributed by atoms with Gasteiger partial charge in [-0.2, -0.15) is 0 Å². The summed E-state index contributed by atoms with van der Waals surface area (Å²) in [5.41, 5.74) is 0.711. The lowest BCUT2D eigenvalue weighted by Gasteiger charge is -2.36. The maximum absolute atomic E-state index is 12.3. The van der Waals surface area contributed by atoms with Crippen LogP contribution >= 0.6 is 11.6 Å². The normalized spacial score (nSPS) is 18.1. The minimum atomic E-state index is -0.595. The summed E-state index contributed by atoms with van der Waals surface area (Å²) in [5, 5.41) is 12.9. The number of aliphatic hydroxyl groups excluding tert-OH is 1. The van der Waals surface area contributed by atoms with Crippen molar-refractivity contribution in [3.63, 3.8) is 0 Å². The van der Waals surface area contributed by atoms with E-state index in [-0.39, 0.29) is 12.5 Å². The Bertz CT molecular complexity index is 470. The molecule has 0 spiro atoms. The van der Waals surface area contributed by atoms with Crippen molar-refractivity contribution in [2.45, 2.75) is 25.3 Å². The molecule has 0 atom stereocenters. The van der Waals surface area contributed by atoms with Gasteiger partial charge in [0.2, 0.25) is 0 Å². The first-order chi connectivity index (χ1) is 9.08. The summed E-state index contributed by atoms with van der Waals surface area (Å²) in [6.07, 6.45) is 1.22. The number of rotatable bonds is 3. The molecule has 1 fully saturated rings. The van der Waals surface area contributed by atoms with E-state index in [1.165, 1.54) is 0 Å². The number of benzene rings is 1. The van der Waals surface area contributed by atoms with Crippen LogP contribution in [0, 0.1) is 6.92 Å². The van der Waals surface area contributed by atoms with E-state index in [1.54, 1.807) is 12.1 Å². The number of hydrogen-bond acceptors (Lipinski definition) is 3. The van der Waals surface area contributed by atoms with E-state index in [4.69, 9.17) is 16.3 Å². The molecule has 0 aliphatic carbocycles. The molecule has 1 aromatic rings. The van der Waals surface area contributed by atoms with Crippen LogP contribution in [0.4, 0.5) is 0 Å². The van der Waals surface area contributed by atoms with Gasteiger partial charge in [0.05, 0.1) is 22.7 Å². The minimum absolute atomic E-state index is 0.0917. The minimum Gasteiger partial charge on any atom is -0.394 e. The number of aliphatic hydroxyl groups is 1. The first kappa shape index (κ1) is 14.3. The van der Waals surface area contributed by atoms with Crippen LogP contribution in [0.15, 0.2) is 18.2 Å². The Morgan fingerprint density at radius 3 is 2.79 bits per heavy atom. The molecule has 1 saturated heterocycles. The molecule has 1 aromatic carbocycles. The van der Waals surface area contributed by atoms with Crippen LogP contribution in [-0.2, 0) is 4.74 Å². The Kier molecular flexibility index (Phi) is 4.45. The molecule has 0 radical (unpaired) electrons. The molecule has 0 unspecified atom stereocenters. The lowest BCUT2D eigenvalue weighted by Crippen LogP contribution is -2.54. The summed E-state index contributed by atoms with van der Waals surface area (Å²) in [7, 11) is 0. The van der Waals surface area contributed by atoms with E-state index >= 15 is 0 Å². The van der Waals surface area contributed by atoms with Crippen molar-refractivity contribution in [3.8, 4) is 0 Å². The average Bonchev–Trinajstić information content (AvgIpc) is 2.42. The van der Waals surface area contributed by atoms with Gasteiger partial charge in [-0.1, -0.05) is 23.7 Å². The van der Waals surface area contributed by atoms with Gasteiger partial charge in [-0.25, -0.2) is 0 Å². The predicted molar refractivity (Wildman–Crippen MR) is 73.5 cm³/mol. The maximum atomic E-state index is 12.3. The van der Waals surface area contributed by atoms with Crippen molar-refractivity contribution in [1.29, 1.82) is 0 Å². The quantitative estimate of drug-likeness (QED) is 0.891. The fourth-order valence-corrected chi connectivity index (χ4v) is 2.43. The highest BCUT2D eigenvalue weighted by molar-refractivity contribution is 6.34. The third-order valence-electron chi connectivity index (χ3n) is 3.57. The van der Waals surface area contributed by atoms with Gasteiger partial charge in [0.25, 0.3) is 5.91 Å². The molecule has 1 amide bonds. The molecule has 2 rings (SSSR count). The SMILES string of the molecule is Cc1cccc(C(=O)NC2(CO)CCOCC2)c1Cl. The van der Waals surface area contributed by atoms with Gasteiger partial charge in [0.1, 0.15) is 0 Å². The summed E-state index contributed by atoms with van der Waals surface area (Å²) in [6, 6.07) is 5.34. The molecule has 104 valence electrons. The smallest absolute Gasteiger partial charge is 0.253 e. The van der Waals surface area contributed by atoms with Gasteiger partial charge in [-0.05, 0) is 31.4 Å². The monoisotopic (exact) mass is 283 g/mol. The van der Waals surface area contributed by atoms with Crippen LogP contribution in [-0.4, -0.2) is 36.4 Å². The highest BCUT2D eigenvalue weighted by Gasteiger charge is 2.34. The van der Waals surface area contributed by atoms with Crippen molar-refractivity contribution < 1.29 is 14.6 Å².